The van der Waals surface area contributed by atoms with Gasteiger partial charge < -0.3 is 20.2 Å². The summed E-state index contributed by atoms with van der Waals surface area (Å²) < 4.78 is 118. The number of nitrogens with one attached hydrogen (secondary N) is 4. The number of hydrogen-bond acceptors (Lipinski definition) is 8. The third-order valence-corrected chi connectivity index (χ3v) is 13.8. The molecule has 1 unspecified atom stereocenters. The summed E-state index contributed by atoms with van der Waals surface area (Å²) in [6, 6.07) is 16.2. The molecule has 6 aromatic rings. The Morgan fingerprint density at radius 3 is 1.58 bits per heavy atom. The predicted molar refractivity (Wildman–Crippen MR) is 226 cm³/mol. The maximum Gasteiger partial charge on any atom is 0.311 e. The number of hydrogen-bond donors (Lipinski definition) is 5. The lowest BCUT2D eigenvalue weighted by Crippen LogP contribution is -2.56. The number of rotatable bonds is 12. The fraction of sp³-hybridized carbons (Fsp3) is 0.250. The minimum absolute atomic E-state index is 0.107. The smallest absolute Gasteiger partial charge is 0.311 e. The predicted octanol–water partition coefficient (Wildman–Crippen LogP) is 7.93. The number of imidazole rings is 2. The summed E-state index contributed by atoms with van der Waals surface area (Å²) in [5.74, 6) is -3.24. The van der Waals surface area contributed by atoms with Crippen LogP contribution in [0, 0.1) is 29.2 Å². The summed E-state index contributed by atoms with van der Waals surface area (Å²) in [5.41, 5.74) is 2.05. The maximum atomic E-state index is 13.9. The quantitative estimate of drug-likeness (QED) is 0.0604. The number of H-pyrrole nitrogens is 1. The molecule has 0 radical (unpaired) electrons. The summed E-state index contributed by atoms with van der Waals surface area (Å²) >= 11 is 23.9. The molecule has 0 aliphatic carbocycles. The Hall–Kier alpha value is -4.08. The zero-order valence-electron chi connectivity index (χ0n) is 31.9. The fourth-order valence-electron chi connectivity index (χ4n) is 7.15. The van der Waals surface area contributed by atoms with Gasteiger partial charge in [-0.1, -0.05) is 70.7 Å². The first kappa shape index (κ1) is 45.9. The topological polar surface area (TPSA) is 171 Å². The average Bonchev–Trinajstić information content (AvgIpc) is 4.00. The number of benzene rings is 4. The molecule has 0 saturated carbocycles. The zero-order valence-corrected chi connectivity index (χ0v) is 36.6. The minimum Gasteiger partial charge on any atom is -0.331 e. The molecule has 2 aliphatic rings. The first-order chi connectivity index (χ1) is 29.4. The third-order valence-electron chi connectivity index (χ3n) is 10.3. The molecular weight excluding hydrogens is 940 g/mol. The molecule has 0 amide bonds. The van der Waals surface area contributed by atoms with Crippen LogP contribution in [-0.4, -0.2) is 73.1 Å². The molecule has 12 nitrogen and oxygen atoms in total. The van der Waals surface area contributed by atoms with E-state index in [9.17, 15) is 39.0 Å². The van der Waals surface area contributed by atoms with Gasteiger partial charge in [-0.25, -0.2) is 40.7 Å². The lowest BCUT2D eigenvalue weighted by Gasteiger charge is -2.27. The van der Waals surface area contributed by atoms with E-state index >= 15 is 0 Å². The normalized spacial score (nSPS) is 15.8. The second-order valence-electron chi connectivity index (χ2n) is 14.6. The highest BCUT2D eigenvalue weighted by molar-refractivity contribution is 7.89. The van der Waals surface area contributed by atoms with Gasteiger partial charge in [0.25, 0.3) is 10.0 Å². The highest BCUT2D eigenvalue weighted by Gasteiger charge is 2.31. The van der Waals surface area contributed by atoms with Gasteiger partial charge in [0.1, 0.15) is 34.9 Å². The molecule has 2 aliphatic heterocycles. The van der Waals surface area contributed by atoms with Gasteiger partial charge >= 0.3 is 10.1 Å². The molecule has 0 bridgehead atoms. The monoisotopic (exact) mass is 973 g/mol. The summed E-state index contributed by atoms with van der Waals surface area (Å²) in [4.78, 5) is 11.4. The highest BCUT2D eigenvalue weighted by atomic mass is 35.5. The SMILES string of the molecule is O=S(=O)(NC1CNC1)c1cnc(C(c2ccc(F)c(Cl)c2)c2ccc(F)c(Cl)c2)[nH]1.O=S(=O)(O)c1cnc(C(c2ccc(F)c(Cl)c2)c2ccc(F)c(Cl)c2)n1CC1CCNC1. The van der Waals surface area contributed by atoms with E-state index in [-0.39, 0.29) is 60.3 Å². The van der Waals surface area contributed by atoms with E-state index in [1.807, 2.05) is 0 Å². The fourth-order valence-corrected chi connectivity index (χ4v) is 9.70. The van der Waals surface area contributed by atoms with Crippen LogP contribution in [0.2, 0.25) is 20.1 Å². The molecule has 4 heterocycles. The summed E-state index contributed by atoms with van der Waals surface area (Å²) in [6.07, 6.45) is 3.10. The van der Waals surface area contributed by atoms with E-state index in [1.165, 1.54) is 83.6 Å². The summed E-state index contributed by atoms with van der Waals surface area (Å²) in [7, 11) is -8.38. The Bertz CT molecular complexity index is 2740. The van der Waals surface area contributed by atoms with Crippen LogP contribution in [0.15, 0.2) is 95.2 Å². The maximum absolute atomic E-state index is 13.9. The molecule has 62 heavy (non-hydrogen) atoms. The van der Waals surface area contributed by atoms with Crippen molar-refractivity contribution < 1.29 is 39.0 Å². The Balaban J connectivity index is 0.000000187. The van der Waals surface area contributed by atoms with Crippen LogP contribution in [-0.2, 0) is 26.7 Å². The van der Waals surface area contributed by atoms with Gasteiger partial charge in [0.15, 0.2) is 10.1 Å². The van der Waals surface area contributed by atoms with Crippen LogP contribution in [0.4, 0.5) is 17.6 Å². The van der Waals surface area contributed by atoms with Gasteiger partial charge in [-0.05, 0) is 96.2 Å². The van der Waals surface area contributed by atoms with Crippen molar-refractivity contribution in [2.24, 2.45) is 5.92 Å². The number of sulfonamides is 1. The molecule has 0 spiro atoms. The van der Waals surface area contributed by atoms with Crippen molar-refractivity contribution >= 4 is 66.5 Å². The van der Waals surface area contributed by atoms with Crippen molar-refractivity contribution in [3.63, 3.8) is 0 Å². The van der Waals surface area contributed by atoms with E-state index in [1.54, 1.807) is 0 Å². The second-order valence-corrected chi connectivity index (χ2v) is 19.2. The van der Waals surface area contributed by atoms with Crippen molar-refractivity contribution in [3.05, 3.63) is 162 Å². The molecule has 4 aromatic carbocycles. The van der Waals surface area contributed by atoms with E-state index in [4.69, 9.17) is 46.4 Å². The molecule has 8 rings (SSSR count). The number of nitrogens with zero attached hydrogens (tertiary/aromatic N) is 3. The van der Waals surface area contributed by atoms with Gasteiger partial charge in [-0.3, -0.25) is 4.55 Å². The van der Waals surface area contributed by atoms with Gasteiger partial charge in [-0.15, -0.1) is 0 Å². The third kappa shape index (κ3) is 10.3. The Morgan fingerprint density at radius 1 is 0.694 bits per heavy atom. The van der Waals surface area contributed by atoms with Gasteiger partial charge in [-0.2, -0.15) is 8.42 Å². The molecule has 22 heteroatoms. The van der Waals surface area contributed by atoms with Crippen molar-refractivity contribution in [3.8, 4) is 0 Å². The largest absolute Gasteiger partial charge is 0.331 e. The minimum atomic E-state index is -4.57. The van der Waals surface area contributed by atoms with Crippen molar-refractivity contribution in [2.75, 3.05) is 26.2 Å². The molecular formula is C40H35Cl4F4N7O5S2. The van der Waals surface area contributed by atoms with Crippen LogP contribution in [0.1, 0.15) is 52.2 Å². The van der Waals surface area contributed by atoms with Gasteiger partial charge in [0.05, 0.1) is 44.3 Å². The number of halogens is 8. The second kappa shape index (κ2) is 18.9. The molecule has 2 aromatic heterocycles. The number of aromatic nitrogens is 4. The molecule has 1 atom stereocenters. The zero-order chi connectivity index (χ0) is 44.5. The van der Waals surface area contributed by atoms with E-state index in [0.717, 1.165) is 19.2 Å². The highest BCUT2D eigenvalue weighted by Crippen LogP contribution is 2.37. The average molecular weight is 976 g/mol. The van der Waals surface area contributed by atoms with E-state index in [2.05, 4.69) is 30.3 Å². The molecule has 328 valence electrons. The van der Waals surface area contributed by atoms with Crippen molar-refractivity contribution in [1.29, 1.82) is 0 Å². The molecule has 5 N–H and O–H groups in total. The first-order valence-electron chi connectivity index (χ1n) is 18.7. The summed E-state index contributed by atoms with van der Waals surface area (Å²) in [6.45, 7) is 2.84. The van der Waals surface area contributed by atoms with Crippen LogP contribution in [0.3, 0.4) is 0 Å². The van der Waals surface area contributed by atoms with Crippen LogP contribution < -0.4 is 15.4 Å². The van der Waals surface area contributed by atoms with E-state index in [0.29, 0.717) is 41.9 Å². The van der Waals surface area contributed by atoms with Crippen molar-refractivity contribution in [2.45, 2.75) is 40.9 Å². The van der Waals surface area contributed by atoms with E-state index < -0.39 is 55.2 Å². The summed E-state index contributed by atoms with van der Waals surface area (Å²) in [5, 5.41) is 5.25. The lowest BCUT2D eigenvalue weighted by atomic mass is 9.90. The lowest BCUT2D eigenvalue weighted by molar-refractivity contribution is 0.410. The Morgan fingerprint density at radius 2 is 1.18 bits per heavy atom. The van der Waals surface area contributed by atoms with Crippen LogP contribution in [0.5, 0.6) is 0 Å². The van der Waals surface area contributed by atoms with Crippen LogP contribution in [0.25, 0.3) is 0 Å². The van der Waals surface area contributed by atoms with Gasteiger partial charge in [0, 0.05) is 25.7 Å². The standard InChI is InChI=1S/C21H19Cl2F2N3O3S.C19H16Cl2F2N4O2S/c22-15-7-13(1-3-17(15)24)20(14-2-4-18(25)16(23)8-14)21-27-10-19(32(29,30)31)28(21)11-12-5-6-26-9-12;20-13-5-10(1-3-15(13)22)18(11-2-4-16(23)14(21)6-11)19-25-9-17(26-19)30(28,29)27-12-7-24-8-12/h1-4,7-8,10,12,20,26H,5-6,9,11H2,(H,29,30,31);1-6,9,12,18,24,27H,7-8H2,(H,25,26). The Kier molecular flexibility index (Phi) is 14.0. The molecule has 2 saturated heterocycles. The van der Waals surface area contributed by atoms with Crippen molar-refractivity contribution in [1.82, 2.24) is 34.9 Å². The number of aromatic amines is 1. The van der Waals surface area contributed by atoms with Gasteiger partial charge in [0.2, 0.25) is 0 Å². The Labute approximate surface area is 373 Å². The van der Waals surface area contributed by atoms with Crippen LogP contribution >= 0.6 is 46.4 Å². The molecule has 2 fully saturated rings. The first-order valence-corrected chi connectivity index (χ1v) is 23.1.